The van der Waals surface area contributed by atoms with E-state index in [1.807, 2.05) is 0 Å². The molecule has 0 aromatic heterocycles. The second-order valence-electron chi connectivity index (χ2n) is 6.92. The van der Waals surface area contributed by atoms with E-state index in [0.717, 1.165) is 0 Å². The SMILES string of the molecule is CN(C)c1ccc2c(c1F)C(C)(C)C(=O)N2CC(C)(C)F. The van der Waals surface area contributed by atoms with Crippen molar-refractivity contribution in [2.24, 2.45) is 0 Å². The van der Waals surface area contributed by atoms with E-state index in [-0.39, 0.29) is 12.5 Å². The number of benzene rings is 1. The molecule has 0 aliphatic carbocycles. The van der Waals surface area contributed by atoms with Crippen LogP contribution < -0.4 is 9.80 Å². The molecule has 0 spiro atoms. The molecule has 2 rings (SSSR count). The van der Waals surface area contributed by atoms with Crippen LogP contribution in [0.5, 0.6) is 0 Å². The minimum Gasteiger partial charge on any atom is -0.375 e. The molecule has 0 fully saturated rings. The smallest absolute Gasteiger partial charge is 0.237 e. The summed E-state index contributed by atoms with van der Waals surface area (Å²) < 4.78 is 28.8. The van der Waals surface area contributed by atoms with Crippen molar-refractivity contribution in [3.8, 4) is 0 Å². The molecule has 3 nitrogen and oxygen atoms in total. The first-order valence-electron chi connectivity index (χ1n) is 6.98. The molecule has 1 aromatic rings. The predicted molar refractivity (Wildman–Crippen MR) is 81.3 cm³/mol. The summed E-state index contributed by atoms with van der Waals surface area (Å²) >= 11 is 0. The van der Waals surface area contributed by atoms with Crippen LogP contribution in [-0.2, 0) is 10.2 Å². The fraction of sp³-hybridized carbons (Fsp3) is 0.562. The zero-order chi connectivity index (χ0) is 16.2. The van der Waals surface area contributed by atoms with Crippen LogP contribution in [0.1, 0.15) is 33.3 Å². The monoisotopic (exact) mass is 296 g/mol. The van der Waals surface area contributed by atoms with Gasteiger partial charge in [0.05, 0.1) is 23.3 Å². The number of nitrogens with zero attached hydrogens (tertiary/aromatic N) is 2. The molecule has 0 saturated heterocycles. The number of carbonyl (C=O) groups excluding carboxylic acids is 1. The molecular formula is C16H22F2N2O. The third-order valence-electron chi connectivity index (χ3n) is 3.81. The Kier molecular flexibility index (Phi) is 3.51. The van der Waals surface area contributed by atoms with E-state index in [0.29, 0.717) is 16.9 Å². The van der Waals surface area contributed by atoms with Crippen molar-refractivity contribution < 1.29 is 13.6 Å². The van der Waals surface area contributed by atoms with Crippen LogP contribution in [0.3, 0.4) is 0 Å². The van der Waals surface area contributed by atoms with E-state index in [4.69, 9.17) is 0 Å². The van der Waals surface area contributed by atoms with Crippen molar-refractivity contribution >= 4 is 17.3 Å². The highest BCUT2D eigenvalue weighted by Gasteiger charge is 2.47. The molecule has 1 amide bonds. The van der Waals surface area contributed by atoms with Gasteiger partial charge in [-0.05, 0) is 39.8 Å². The van der Waals surface area contributed by atoms with Crippen LogP contribution in [0.25, 0.3) is 0 Å². The fourth-order valence-corrected chi connectivity index (χ4v) is 2.81. The lowest BCUT2D eigenvalue weighted by molar-refractivity contribution is -0.122. The molecule has 1 aliphatic heterocycles. The van der Waals surface area contributed by atoms with Gasteiger partial charge in [0.15, 0.2) is 5.82 Å². The first kappa shape index (κ1) is 15.7. The van der Waals surface area contributed by atoms with Crippen molar-refractivity contribution in [1.29, 1.82) is 0 Å². The van der Waals surface area contributed by atoms with Crippen LogP contribution in [0.4, 0.5) is 20.2 Å². The average molecular weight is 296 g/mol. The summed E-state index contributed by atoms with van der Waals surface area (Å²) in [5.41, 5.74) is -1.28. The minimum absolute atomic E-state index is 0.0803. The maximum Gasteiger partial charge on any atom is 0.237 e. The van der Waals surface area contributed by atoms with Gasteiger partial charge in [-0.15, -0.1) is 0 Å². The van der Waals surface area contributed by atoms with Crippen LogP contribution in [-0.4, -0.2) is 32.2 Å². The normalized spacial score (nSPS) is 17.1. The molecule has 1 aromatic carbocycles. The molecule has 0 atom stereocenters. The molecule has 0 unspecified atom stereocenters. The average Bonchev–Trinajstić information content (AvgIpc) is 2.49. The highest BCUT2D eigenvalue weighted by atomic mass is 19.1. The van der Waals surface area contributed by atoms with Crippen molar-refractivity contribution in [1.82, 2.24) is 0 Å². The van der Waals surface area contributed by atoms with Gasteiger partial charge in [0, 0.05) is 19.7 Å². The Hall–Kier alpha value is -1.65. The third-order valence-corrected chi connectivity index (χ3v) is 3.81. The van der Waals surface area contributed by atoms with E-state index in [1.54, 1.807) is 45.0 Å². The van der Waals surface area contributed by atoms with E-state index < -0.39 is 16.9 Å². The molecule has 21 heavy (non-hydrogen) atoms. The van der Waals surface area contributed by atoms with Gasteiger partial charge >= 0.3 is 0 Å². The molecule has 116 valence electrons. The van der Waals surface area contributed by atoms with Gasteiger partial charge in [0.2, 0.25) is 5.91 Å². The van der Waals surface area contributed by atoms with Crippen LogP contribution in [0.15, 0.2) is 12.1 Å². The van der Waals surface area contributed by atoms with Gasteiger partial charge in [0.1, 0.15) is 5.67 Å². The molecule has 1 heterocycles. The Balaban J connectivity index is 2.62. The second-order valence-corrected chi connectivity index (χ2v) is 6.92. The lowest BCUT2D eigenvalue weighted by Gasteiger charge is -2.25. The predicted octanol–water partition coefficient (Wildman–Crippen LogP) is 3.26. The Morgan fingerprint density at radius 3 is 2.33 bits per heavy atom. The number of hydrogen-bond acceptors (Lipinski definition) is 2. The van der Waals surface area contributed by atoms with Crippen molar-refractivity contribution in [3.63, 3.8) is 0 Å². The topological polar surface area (TPSA) is 23.6 Å². The van der Waals surface area contributed by atoms with Crippen LogP contribution in [0.2, 0.25) is 0 Å². The highest BCUT2D eigenvalue weighted by molar-refractivity contribution is 6.08. The number of amides is 1. The zero-order valence-electron chi connectivity index (χ0n) is 13.4. The minimum atomic E-state index is -1.54. The Morgan fingerprint density at radius 1 is 1.29 bits per heavy atom. The molecule has 0 bridgehead atoms. The molecular weight excluding hydrogens is 274 g/mol. The van der Waals surface area contributed by atoms with E-state index >= 15 is 0 Å². The lowest BCUT2D eigenvalue weighted by atomic mass is 9.85. The summed E-state index contributed by atoms with van der Waals surface area (Å²) in [7, 11) is 3.49. The van der Waals surface area contributed by atoms with Crippen molar-refractivity contribution in [2.45, 2.75) is 38.8 Å². The number of carbonyl (C=O) groups is 1. The maximum absolute atomic E-state index is 14.8. The highest BCUT2D eigenvalue weighted by Crippen LogP contribution is 2.45. The van der Waals surface area contributed by atoms with Crippen LogP contribution in [0, 0.1) is 5.82 Å². The second kappa shape index (κ2) is 4.68. The van der Waals surface area contributed by atoms with Gasteiger partial charge in [-0.3, -0.25) is 4.79 Å². The Bertz CT molecular complexity index is 589. The van der Waals surface area contributed by atoms with Crippen molar-refractivity contribution in [2.75, 3.05) is 30.4 Å². The number of anilines is 2. The summed E-state index contributed by atoms with van der Waals surface area (Å²) in [5, 5.41) is 0. The van der Waals surface area contributed by atoms with E-state index in [2.05, 4.69) is 0 Å². The largest absolute Gasteiger partial charge is 0.375 e. The van der Waals surface area contributed by atoms with Gasteiger partial charge in [0.25, 0.3) is 0 Å². The summed E-state index contributed by atoms with van der Waals surface area (Å²) in [5.74, 6) is -0.673. The number of rotatable bonds is 3. The lowest BCUT2D eigenvalue weighted by Crippen LogP contribution is -2.42. The standard InChI is InChI=1S/C16H22F2N2O/c1-15(2,18)9-20-10-7-8-11(19(5)6)13(17)12(10)16(3,4)14(20)21/h7-8H,9H2,1-6H3. The number of hydrogen-bond donors (Lipinski definition) is 0. The molecule has 1 aliphatic rings. The molecule has 0 N–H and O–H groups in total. The number of alkyl halides is 1. The fourth-order valence-electron chi connectivity index (χ4n) is 2.81. The molecule has 0 saturated carbocycles. The summed E-state index contributed by atoms with van der Waals surface area (Å²) in [6.45, 7) is 6.11. The van der Waals surface area contributed by atoms with E-state index in [9.17, 15) is 13.6 Å². The summed E-state index contributed by atoms with van der Waals surface area (Å²) in [4.78, 5) is 15.6. The van der Waals surface area contributed by atoms with E-state index in [1.165, 1.54) is 18.7 Å². The van der Waals surface area contributed by atoms with Gasteiger partial charge in [-0.1, -0.05) is 0 Å². The molecule has 5 heteroatoms. The zero-order valence-corrected chi connectivity index (χ0v) is 13.4. The number of halogens is 2. The Labute approximate surface area is 124 Å². The first-order chi connectivity index (χ1) is 9.47. The third kappa shape index (κ3) is 2.49. The first-order valence-corrected chi connectivity index (χ1v) is 6.98. The maximum atomic E-state index is 14.8. The van der Waals surface area contributed by atoms with Crippen LogP contribution >= 0.6 is 0 Å². The summed E-state index contributed by atoms with van der Waals surface area (Å²) in [6.07, 6.45) is 0. The van der Waals surface area contributed by atoms with Gasteiger partial charge in [-0.25, -0.2) is 8.78 Å². The van der Waals surface area contributed by atoms with Gasteiger partial charge in [-0.2, -0.15) is 0 Å². The Morgan fingerprint density at radius 2 is 1.86 bits per heavy atom. The quantitative estimate of drug-likeness (QED) is 0.854. The number of fused-ring (bicyclic) bond motifs is 1. The van der Waals surface area contributed by atoms with Crippen molar-refractivity contribution in [3.05, 3.63) is 23.5 Å². The molecule has 0 radical (unpaired) electrons. The summed E-state index contributed by atoms with van der Waals surface area (Å²) in [6, 6.07) is 3.33. The van der Waals surface area contributed by atoms with Gasteiger partial charge < -0.3 is 9.80 Å².